The van der Waals surface area contributed by atoms with Gasteiger partial charge in [-0.15, -0.1) is 0 Å². The monoisotopic (exact) mass is 200 g/mol. The number of fused-ring (bicyclic) bond motifs is 1. The first kappa shape index (κ1) is 8.65. The molecule has 0 saturated heterocycles. The Kier molecular flexibility index (Phi) is 1.69. The summed E-state index contributed by atoms with van der Waals surface area (Å²) in [6.45, 7) is 2.05. The molecule has 76 valence electrons. The average Bonchev–Trinajstić information content (AvgIpc) is 3.00. The number of carbonyl (C=O) groups excluding carboxylic acids is 1. The van der Waals surface area contributed by atoms with Crippen molar-refractivity contribution in [3.05, 3.63) is 35.4 Å². The molecule has 0 spiro atoms. The Hall–Kier alpha value is -1.64. The van der Waals surface area contributed by atoms with Gasteiger partial charge in [0.1, 0.15) is 11.5 Å². The van der Waals surface area contributed by atoms with E-state index < -0.39 is 0 Å². The molecule has 0 unspecified atom stereocenters. The highest BCUT2D eigenvalue weighted by Gasteiger charge is 2.29. The number of carbonyl (C=O) groups is 1. The molecular formula is C12H12N2O. The molecule has 2 aromatic rings. The highest BCUT2D eigenvalue weighted by Crippen LogP contribution is 2.39. The molecule has 1 aliphatic carbocycles. The summed E-state index contributed by atoms with van der Waals surface area (Å²) in [5.41, 5.74) is 2.69. The van der Waals surface area contributed by atoms with Crippen LogP contribution >= 0.6 is 0 Å². The van der Waals surface area contributed by atoms with E-state index in [-0.39, 0.29) is 0 Å². The minimum atomic E-state index is 0.563. The van der Waals surface area contributed by atoms with Crippen LogP contribution in [0, 0.1) is 6.92 Å². The van der Waals surface area contributed by atoms with Crippen molar-refractivity contribution in [3.63, 3.8) is 0 Å². The maximum absolute atomic E-state index is 10.9. The number of nitrogens with zero attached hydrogens (tertiary/aromatic N) is 2. The summed E-state index contributed by atoms with van der Waals surface area (Å²) in [4.78, 5) is 15.3. The third kappa shape index (κ3) is 1.27. The Bertz CT molecular complexity index is 538. The summed E-state index contributed by atoms with van der Waals surface area (Å²) >= 11 is 0. The molecule has 2 aromatic heterocycles. The molecule has 3 rings (SSSR count). The van der Waals surface area contributed by atoms with Crippen molar-refractivity contribution < 1.29 is 4.79 Å². The van der Waals surface area contributed by atoms with Crippen molar-refractivity contribution in [1.82, 2.24) is 9.38 Å². The van der Waals surface area contributed by atoms with E-state index in [1.165, 1.54) is 18.4 Å². The van der Waals surface area contributed by atoms with E-state index in [2.05, 4.69) is 22.5 Å². The smallest absolute Gasteiger partial charge is 0.170 e. The van der Waals surface area contributed by atoms with E-state index >= 15 is 0 Å². The molecule has 0 atom stereocenters. The van der Waals surface area contributed by atoms with E-state index in [1.807, 2.05) is 12.1 Å². The number of rotatable bonds is 2. The summed E-state index contributed by atoms with van der Waals surface area (Å²) in [7, 11) is 0. The van der Waals surface area contributed by atoms with E-state index in [9.17, 15) is 4.79 Å². The highest BCUT2D eigenvalue weighted by atomic mass is 16.1. The fourth-order valence-electron chi connectivity index (χ4n) is 1.96. The fourth-order valence-corrected chi connectivity index (χ4v) is 1.96. The van der Waals surface area contributed by atoms with Gasteiger partial charge in [-0.3, -0.25) is 4.79 Å². The minimum absolute atomic E-state index is 0.563. The number of imidazole rings is 1. The van der Waals surface area contributed by atoms with Crippen LogP contribution in [0.25, 0.3) is 5.52 Å². The molecule has 0 aromatic carbocycles. The number of hydrogen-bond donors (Lipinski definition) is 0. The van der Waals surface area contributed by atoms with Crippen LogP contribution in [0.1, 0.15) is 40.6 Å². The van der Waals surface area contributed by atoms with E-state index in [0.29, 0.717) is 11.6 Å². The zero-order valence-corrected chi connectivity index (χ0v) is 8.60. The summed E-state index contributed by atoms with van der Waals surface area (Å²) in [5, 5.41) is 0. The van der Waals surface area contributed by atoms with Crippen LogP contribution < -0.4 is 0 Å². The van der Waals surface area contributed by atoms with Crippen molar-refractivity contribution >= 4 is 11.8 Å². The third-order valence-electron chi connectivity index (χ3n) is 2.89. The van der Waals surface area contributed by atoms with E-state index in [1.54, 1.807) is 0 Å². The zero-order valence-electron chi connectivity index (χ0n) is 8.60. The number of pyridine rings is 1. The van der Waals surface area contributed by atoms with Gasteiger partial charge in [0, 0.05) is 12.1 Å². The number of aryl methyl sites for hydroxylation is 1. The maximum Gasteiger partial charge on any atom is 0.170 e. The second-order valence-electron chi connectivity index (χ2n) is 4.21. The molecule has 0 radical (unpaired) electrons. The summed E-state index contributed by atoms with van der Waals surface area (Å²) in [6, 6.07) is 3.98. The Morgan fingerprint density at radius 2 is 2.27 bits per heavy atom. The number of aromatic nitrogens is 2. The molecule has 0 bridgehead atoms. The molecular weight excluding hydrogens is 188 g/mol. The average molecular weight is 200 g/mol. The van der Waals surface area contributed by atoms with Gasteiger partial charge in [0.15, 0.2) is 6.29 Å². The lowest BCUT2D eigenvalue weighted by molar-refractivity contribution is 0.112. The summed E-state index contributed by atoms with van der Waals surface area (Å²) in [5.74, 6) is 1.61. The Morgan fingerprint density at radius 1 is 1.47 bits per heavy atom. The van der Waals surface area contributed by atoms with Gasteiger partial charge in [-0.1, -0.05) is 6.07 Å². The van der Waals surface area contributed by atoms with Gasteiger partial charge in [0.25, 0.3) is 0 Å². The molecule has 2 heterocycles. The van der Waals surface area contributed by atoms with Crippen LogP contribution in [-0.2, 0) is 0 Å². The topological polar surface area (TPSA) is 34.4 Å². The van der Waals surface area contributed by atoms with Crippen LogP contribution in [0.4, 0.5) is 0 Å². The Morgan fingerprint density at radius 3 is 2.93 bits per heavy atom. The standard InChI is InChI=1S/C12H12N2O/c1-8-2-5-11-10(7-15)13-12(9-3-4-9)14(11)6-8/h2,5-7,9H,3-4H2,1H3. The van der Waals surface area contributed by atoms with Crippen molar-refractivity contribution in [2.75, 3.05) is 0 Å². The van der Waals surface area contributed by atoms with Gasteiger partial charge < -0.3 is 4.40 Å². The molecule has 3 heteroatoms. The summed E-state index contributed by atoms with van der Waals surface area (Å²) < 4.78 is 2.07. The molecule has 0 N–H and O–H groups in total. The fraction of sp³-hybridized carbons (Fsp3) is 0.333. The predicted octanol–water partition coefficient (Wildman–Crippen LogP) is 2.33. The molecule has 15 heavy (non-hydrogen) atoms. The molecule has 1 saturated carbocycles. The quantitative estimate of drug-likeness (QED) is 0.697. The first-order valence-electron chi connectivity index (χ1n) is 5.23. The largest absolute Gasteiger partial charge is 0.302 e. The maximum atomic E-state index is 10.9. The van der Waals surface area contributed by atoms with E-state index in [4.69, 9.17) is 0 Å². The van der Waals surface area contributed by atoms with Gasteiger partial charge >= 0.3 is 0 Å². The molecule has 1 fully saturated rings. The molecule has 3 nitrogen and oxygen atoms in total. The van der Waals surface area contributed by atoms with Crippen LogP contribution in [0.15, 0.2) is 18.3 Å². The van der Waals surface area contributed by atoms with E-state index in [0.717, 1.165) is 17.6 Å². The predicted molar refractivity (Wildman–Crippen MR) is 57.3 cm³/mol. The van der Waals surface area contributed by atoms with Crippen LogP contribution in [0.5, 0.6) is 0 Å². The first-order valence-corrected chi connectivity index (χ1v) is 5.23. The first-order chi connectivity index (χ1) is 7.29. The Balaban J connectivity index is 2.33. The second kappa shape index (κ2) is 2.92. The Labute approximate surface area is 87.7 Å². The molecule has 0 amide bonds. The van der Waals surface area contributed by atoms with Crippen molar-refractivity contribution in [2.45, 2.75) is 25.7 Å². The summed E-state index contributed by atoms with van der Waals surface area (Å²) in [6.07, 6.45) is 5.30. The minimum Gasteiger partial charge on any atom is -0.302 e. The van der Waals surface area contributed by atoms with Gasteiger partial charge in [0.2, 0.25) is 0 Å². The van der Waals surface area contributed by atoms with Crippen molar-refractivity contribution in [2.24, 2.45) is 0 Å². The van der Waals surface area contributed by atoms with Gasteiger partial charge in [-0.25, -0.2) is 4.98 Å². The van der Waals surface area contributed by atoms with Gasteiger partial charge in [0.05, 0.1) is 5.52 Å². The van der Waals surface area contributed by atoms with Gasteiger partial charge in [-0.05, 0) is 31.4 Å². The van der Waals surface area contributed by atoms with Crippen LogP contribution in [0.3, 0.4) is 0 Å². The zero-order chi connectivity index (χ0) is 10.4. The normalized spacial score (nSPS) is 15.8. The lowest BCUT2D eigenvalue weighted by atomic mass is 10.3. The van der Waals surface area contributed by atoms with Crippen molar-refractivity contribution in [3.8, 4) is 0 Å². The lowest BCUT2D eigenvalue weighted by Crippen LogP contribution is -1.92. The van der Waals surface area contributed by atoms with Crippen molar-refractivity contribution in [1.29, 1.82) is 0 Å². The second-order valence-corrected chi connectivity index (χ2v) is 4.21. The van der Waals surface area contributed by atoms with Gasteiger partial charge in [-0.2, -0.15) is 0 Å². The molecule has 0 aliphatic heterocycles. The van der Waals surface area contributed by atoms with Crippen LogP contribution in [-0.4, -0.2) is 15.7 Å². The van der Waals surface area contributed by atoms with Crippen LogP contribution in [0.2, 0.25) is 0 Å². The third-order valence-corrected chi connectivity index (χ3v) is 2.89. The molecule has 1 aliphatic rings. The number of hydrogen-bond acceptors (Lipinski definition) is 2. The SMILES string of the molecule is Cc1ccc2c(C=O)nc(C3CC3)n2c1. The highest BCUT2D eigenvalue weighted by molar-refractivity contribution is 5.83. The lowest BCUT2D eigenvalue weighted by Gasteiger charge is -1.99. The number of aldehydes is 1.